The molecule has 174 valence electrons. The Morgan fingerprint density at radius 3 is 2.45 bits per heavy atom. The number of carbonyl (C=O) groups excluding carboxylic acids is 2. The first-order chi connectivity index (χ1) is 14.9. The molecule has 0 unspecified atom stereocenters. The summed E-state index contributed by atoms with van der Waals surface area (Å²) in [5.41, 5.74) is 11.9. The molecule has 8 heteroatoms. The van der Waals surface area contributed by atoms with Crippen LogP contribution in [0.3, 0.4) is 0 Å². The highest BCUT2D eigenvalue weighted by molar-refractivity contribution is 5.76. The quantitative estimate of drug-likeness (QED) is 0.306. The van der Waals surface area contributed by atoms with E-state index in [1.54, 1.807) is 18.2 Å². The second kappa shape index (κ2) is 15.3. The van der Waals surface area contributed by atoms with Gasteiger partial charge in [-0.1, -0.05) is 32.1 Å². The van der Waals surface area contributed by atoms with Gasteiger partial charge < -0.3 is 31.2 Å². The fourth-order valence-corrected chi connectivity index (χ4v) is 2.88. The van der Waals surface area contributed by atoms with Gasteiger partial charge in [0.15, 0.2) is 11.5 Å². The number of hydrogen-bond acceptors (Lipinski definition) is 6. The van der Waals surface area contributed by atoms with E-state index in [0.29, 0.717) is 56.6 Å². The number of rotatable bonds is 14. The third-order valence-corrected chi connectivity index (χ3v) is 4.52. The van der Waals surface area contributed by atoms with E-state index in [2.05, 4.69) is 31.3 Å². The number of methoxy groups -OCH3 is 1. The number of allylic oxidation sites excluding steroid dienone is 2. The molecule has 31 heavy (non-hydrogen) atoms. The summed E-state index contributed by atoms with van der Waals surface area (Å²) in [6.45, 7) is 6.02. The maximum Gasteiger partial charge on any atom is 0.415 e. The molecule has 0 aliphatic carbocycles. The molecule has 1 rings (SSSR count). The van der Waals surface area contributed by atoms with E-state index in [1.807, 2.05) is 0 Å². The Morgan fingerprint density at radius 2 is 1.84 bits per heavy atom. The lowest BCUT2D eigenvalue weighted by Crippen LogP contribution is -2.40. The van der Waals surface area contributed by atoms with Gasteiger partial charge in [-0.15, -0.1) is 0 Å². The van der Waals surface area contributed by atoms with Crippen LogP contribution in [0.1, 0.15) is 45.1 Å². The van der Waals surface area contributed by atoms with Gasteiger partial charge >= 0.3 is 6.09 Å². The molecular weight excluding hydrogens is 396 g/mol. The third-order valence-electron chi connectivity index (χ3n) is 4.52. The molecule has 0 fully saturated rings. The minimum atomic E-state index is -0.529. The smallest absolute Gasteiger partial charge is 0.415 e. The Balaban J connectivity index is 2.53. The van der Waals surface area contributed by atoms with Crippen molar-refractivity contribution >= 4 is 12.0 Å². The van der Waals surface area contributed by atoms with Crippen LogP contribution >= 0.6 is 0 Å². The fourth-order valence-electron chi connectivity index (χ4n) is 2.88. The van der Waals surface area contributed by atoms with Crippen LogP contribution in [-0.4, -0.2) is 50.2 Å². The number of unbranched alkanes of at least 4 members (excludes halogenated alkanes) is 2. The molecule has 0 aliphatic rings. The van der Waals surface area contributed by atoms with Crippen LogP contribution in [0.4, 0.5) is 4.79 Å². The summed E-state index contributed by atoms with van der Waals surface area (Å²) in [4.78, 5) is 25.9. The van der Waals surface area contributed by atoms with Crippen molar-refractivity contribution in [1.82, 2.24) is 10.2 Å². The van der Waals surface area contributed by atoms with Crippen molar-refractivity contribution in [2.75, 3.05) is 33.3 Å². The molecule has 0 saturated heterocycles. The molecule has 1 aromatic rings. The number of hydrogen-bond donors (Lipinski definition) is 3. The van der Waals surface area contributed by atoms with Gasteiger partial charge in [-0.05, 0) is 42.9 Å². The normalized spacial score (nSPS) is 11.0. The molecule has 0 aliphatic heterocycles. The molecule has 0 atom stereocenters. The van der Waals surface area contributed by atoms with E-state index in [0.717, 1.165) is 24.8 Å². The van der Waals surface area contributed by atoms with Gasteiger partial charge in [0, 0.05) is 39.1 Å². The molecule has 0 bridgehead atoms. The summed E-state index contributed by atoms with van der Waals surface area (Å²) in [7, 11) is 1.50. The molecular formula is C23H38N4O4. The number of ether oxygens (including phenoxy) is 2. The molecule has 0 heterocycles. The lowest BCUT2D eigenvalue weighted by molar-refractivity contribution is -0.121. The first kappa shape index (κ1) is 26.5. The summed E-state index contributed by atoms with van der Waals surface area (Å²) in [5.74, 6) is 1.29. The number of nitrogens with two attached hydrogens (primary N) is 2. The van der Waals surface area contributed by atoms with Gasteiger partial charge in [0.1, 0.15) is 0 Å². The van der Waals surface area contributed by atoms with Crippen LogP contribution < -0.4 is 26.3 Å². The van der Waals surface area contributed by atoms with Crippen molar-refractivity contribution in [2.45, 2.75) is 46.1 Å². The Bertz CT molecular complexity index is 701. The molecule has 5 N–H and O–H groups in total. The maximum atomic E-state index is 12.3. The van der Waals surface area contributed by atoms with Crippen LogP contribution in [0.15, 0.2) is 30.4 Å². The number of nitrogens with one attached hydrogen (secondary N) is 1. The SMILES string of the molecule is COc1cc(CNC(=O)CCCC/C=C/C(C)C)ccc1OC(=O)N(CCN)CCN. The van der Waals surface area contributed by atoms with Crippen molar-refractivity contribution in [3.8, 4) is 11.5 Å². The summed E-state index contributed by atoms with van der Waals surface area (Å²) in [5, 5.41) is 2.92. The molecule has 0 radical (unpaired) electrons. The summed E-state index contributed by atoms with van der Waals surface area (Å²) in [6.07, 6.45) is 7.18. The first-order valence-corrected chi connectivity index (χ1v) is 10.9. The Morgan fingerprint density at radius 1 is 1.13 bits per heavy atom. The zero-order valence-corrected chi connectivity index (χ0v) is 19.1. The highest BCUT2D eigenvalue weighted by Crippen LogP contribution is 2.28. The summed E-state index contributed by atoms with van der Waals surface area (Å²) in [6, 6.07) is 5.19. The minimum absolute atomic E-state index is 0.0153. The molecule has 1 aromatic carbocycles. The van der Waals surface area contributed by atoms with E-state index in [-0.39, 0.29) is 5.91 Å². The second-order valence-electron chi connectivity index (χ2n) is 7.61. The number of benzene rings is 1. The van der Waals surface area contributed by atoms with Gasteiger partial charge in [0.25, 0.3) is 0 Å². The van der Waals surface area contributed by atoms with Gasteiger partial charge in [-0.25, -0.2) is 4.79 Å². The van der Waals surface area contributed by atoms with Gasteiger partial charge in [-0.3, -0.25) is 4.79 Å². The fraction of sp³-hybridized carbons (Fsp3) is 0.565. The number of nitrogens with zero attached hydrogens (tertiary/aromatic N) is 1. The van der Waals surface area contributed by atoms with Gasteiger partial charge in [0.05, 0.1) is 7.11 Å². The molecule has 0 aromatic heterocycles. The predicted octanol–water partition coefficient (Wildman–Crippen LogP) is 2.80. The Labute approximate surface area is 185 Å². The summed E-state index contributed by atoms with van der Waals surface area (Å²) >= 11 is 0. The highest BCUT2D eigenvalue weighted by Gasteiger charge is 2.17. The Hall–Kier alpha value is -2.58. The number of carbonyl (C=O) groups is 2. The van der Waals surface area contributed by atoms with Gasteiger partial charge in [-0.2, -0.15) is 0 Å². The standard InChI is InChI=1S/C23H38N4O4/c1-18(2)8-6-4-5-7-9-22(28)26-17-19-10-11-20(21(16-19)30-3)31-23(29)27(14-12-24)15-13-25/h6,8,10-11,16,18H,4-5,7,9,12-15,17,24-25H2,1-3H3,(H,26,28)/b8-6+. The van der Waals surface area contributed by atoms with Crippen molar-refractivity contribution in [3.63, 3.8) is 0 Å². The summed E-state index contributed by atoms with van der Waals surface area (Å²) < 4.78 is 10.8. The monoisotopic (exact) mass is 434 g/mol. The lowest BCUT2D eigenvalue weighted by atomic mass is 10.1. The largest absolute Gasteiger partial charge is 0.493 e. The van der Waals surface area contributed by atoms with Crippen LogP contribution in [0, 0.1) is 5.92 Å². The van der Waals surface area contributed by atoms with E-state index >= 15 is 0 Å². The van der Waals surface area contributed by atoms with Crippen LogP contribution in [0.25, 0.3) is 0 Å². The Kier molecular flexibility index (Phi) is 13.0. The molecule has 8 nitrogen and oxygen atoms in total. The average molecular weight is 435 g/mol. The van der Waals surface area contributed by atoms with E-state index in [4.69, 9.17) is 20.9 Å². The van der Waals surface area contributed by atoms with Crippen LogP contribution in [-0.2, 0) is 11.3 Å². The van der Waals surface area contributed by atoms with Gasteiger partial charge in [0.2, 0.25) is 5.91 Å². The van der Waals surface area contributed by atoms with Crippen molar-refractivity contribution in [2.24, 2.45) is 17.4 Å². The predicted molar refractivity (Wildman–Crippen MR) is 123 cm³/mol. The topological polar surface area (TPSA) is 120 Å². The average Bonchev–Trinajstić information content (AvgIpc) is 2.74. The number of amides is 2. The van der Waals surface area contributed by atoms with E-state index < -0.39 is 6.09 Å². The first-order valence-electron chi connectivity index (χ1n) is 10.9. The van der Waals surface area contributed by atoms with Crippen LogP contribution in [0.5, 0.6) is 11.5 Å². The molecule has 2 amide bonds. The second-order valence-corrected chi connectivity index (χ2v) is 7.61. The third kappa shape index (κ3) is 10.8. The van der Waals surface area contributed by atoms with Crippen LogP contribution in [0.2, 0.25) is 0 Å². The zero-order chi connectivity index (χ0) is 23.1. The minimum Gasteiger partial charge on any atom is -0.493 e. The van der Waals surface area contributed by atoms with Crippen molar-refractivity contribution in [1.29, 1.82) is 0 Å². The van der Waals surface area contributed by atoms with Crippen molar-refractivity contribution in [3.05, 3.63) is 35.9 Å². The van der Waals surface area contributed by atoms with Crippen molar-refractivity contribution < 1.29 is 19.1 Å². The maximum absolute atomic E-state index is 12.3. The lowest BCUT2D eigenvalue weighted by Gasteiger charge is -2.21. The highest BCUT2D eigenvalue weighted by atomic mass is 16.6. The molecule has 0 saturated carbocycles. The molecule has 0 spiro atoms. The zero-order valence-electron chi connectivity index (χ0n) is 19.1. The van der Waals surface area contributed by atoms with E-state index in [1.165, 1.54) is 12.0 Å². The van der Waals surface area contributed by atoms with E-state index in [9.17, 15) is 9.59 Å².